The van der Waals surface area contributed by atoms with Crippen molar-refractivity contribution in [3.8, 4) is 0 Å². The molecule has 0 bridgehead atoms. The second-order valence-electron chi connectivity index (χ2n) is 5.09. The van der Waals surface area contributed by atoms with Crippen LogP contribution in [-0.4, -0.2) is 60.8 Å². The van der Waals surface area contributed by atoms with Crippen LogP contribution >= 0.6 is 71.4 Å². The molecule has 0 spiro atoms. The van der Waals surface area contributed by atoms with Gasteiger partial charge in [0.1, 0.15) is 0 Å². The molecule has 0 saturated carbocycles. The van der Waals surface area contributed by atoms with Gasteiger partial charge in [0.2, 0.25) is 0 Å². The lowest BCUT2D eigenvalue weighted by molar-refractivity contribution is 0.593. The first-order valence-electron chi connectivity index (χ1n) is 6.50. The highest BCUT2D eigenvalue weighted by Gasteiger charge is 2.45. The Labute approximate surface area is 138 Å². The van der Waals surface area contributed by atoms with Gasteiger partial charge in [0.05, 0.1) is 0 Å². The smallest absolute Gasteiger partial charge is 0.0382 e. The Morgan fingerprint density at radius 1 is 1.06 bits per heavy atom. The standard InChI is InChI=1S/C12H20S6/c13-8-12(1-2-18-12)11-7-16-10(6-17-11)4-14-3-9-5-15-9/h9-11,13H,1-8H2. The van der Waals surface area contributed by atoms with Crippen molar-refractivity contribution in [1.29, 1.82) is 0 Å². The van der Waals surface area contributed by atoms with Crippen molar-refractivity contribution >= 4 is 71.4 Å². The SMILES string of the molecule is SCC1(C2CSC(CSCC3CS3)CS2)CCS1. The van der Waals surface area contributed by atoms with Gasteiger partial charge in [0.15, 0.2) is 0 Å². The van der Waals surface area contributed by atoms with Crippen LogP contribution in [0.2, 0.25) is 0 Å². The predicted octanol–water partition coefficient (Wildman–Crippen LogP) is 3.86. The van der Waals surface area contributed by atoms with Gasteiger partial charge < -0.3 is 0 Å². The Kier molecular flexibility index (Phi) is 5.76. The molecule has 0 aromatic heterocycles. The van der Waals surface area contributed by atoms with Crippen molar-refractivity contribution in [3.05, 3.63) is 0 Å². The molecule has 0 radical (unpaired) electrons. The molecule has 4 atom stereocenters. The highest BCUT2D eigenvalue weighted by atomic mass is 32.2. The molecule has 0 aromatic rings. The number of rotatable bonds is 6. The van der Waals surface area contributed by atoms with Crippen molar-refractivity contribution in [1.82, 2.24) is 0 Å². The molecule has 3 aliphatic rings. The third kappa shape index (κ3) is 3.65. The molecule has 0 amide bonds. The van der Waals surface area contributed by atoms with Crippen LogP contribution in [0, 0.1) is 0 Å². The van der Waals surface area contributed by atoms with E-state index in [4.69, 9.17) is 0 Å². The summed E-state index contributed by atoms with van der Waals surface area (Å²) in [5.74, 6) is 9.37. The van der Waals surface area contributed by atoms with Crippen molar-refractivity contribution in [2.75, 3.05) is 40.3 Å². The fourth-order valence-corrected chi connectivity index (χ4v) is 10.5. The first-order valence-corrected chi connectivity index (χ1v) is 12.4. The zero-order valence-corrected chi connectivity index (χ0v) is 15.4. The highest BCUT2D eigenvalue weighted by Crippen LogP contribution is 2.51. The third-order valence-corrected chi connectivity index (χ3v) is 12.3. The van der Waals surface area contributed by atoms with Gasteiger partial charge in [-0.25, -0.2) is 0 Å². The van der Waals surface area contributed by atoms with Crippen LogP contribution in [-0.2, 0) is 0 Å². The molecule has 3 heterocycles. The fourth-order valence-electron chi connectivity index (χ4n) is 2.28. The minimum Gasteiger partial charge on any atom is -0.178 e. The Hall–Kier alpha value is 2.10. The average Bonchev–Trinajstić information content (AvgIpc) is 3.14. The minimum absolute atomic E-state index is 0.531. The summed E-state index contributed by atoms with van der Waals surface area (Å²) in [6.07, 6.45) is 1.40. The highest BCUT2D eigenvalue weighted by molar-refractivity contribution is 8.10. The topological polar surface area (TPSA) is 0 Å². The molecule has 0 N–H and O–H groups in total. The lowest BCUT2D eigenvalue weighted by Gasteiger charge is -2.48. The van der Waals surface area contributed by atoms with E-state index in [0.717, 1.165) is 21.5 Å². The summed E-state index contributed by atoms with van der Waals surface area (Å²) in [5.41, 5.74) is 0. The minimum atomic E-state index is 0.531. The van der Waals surface area contributed by atoms with Gasteiger partial charge in [-0.05, 0) is 12.2 Å². The molecule has 104 valence electrons. The second kappa shape index (κ2) is 6.91. The monoisotopic (exact) mass is 356 g/mol. The summed E-state index contributed by atoms with van der Waals surface area (Å²) in [7, 11) is 0. The van der Waals surface area contributed by atoms with Crippen LogP contribution in [0.25, 0.3) is 0 Å². The van der Waals surface area contributed by atoms with Gasteiger partial charge in [-0.1, -0.05) is 0 Å². The molecule has 3 aliphatic heterocycles. The number of hydrogen-bond donors (Lipinski definition) is 1. The maximum Gasteiger partial charge on any atom is 0.0382 e. The molecule has 3 fully saturated rings. The normalized spacial score (nSPS) is 43.5. The summed E-state index contributed by atoms with van der Waals surface area (Å²) < 4.78 is 0.531. The Morgan fingerprint density at radius 3 is 2.11 bits per heavy atom. The van der Waals surface area contributed by atoms with Crippen molar-refractivity contribution < 1.29 is 0 Å². The van der Waals surface area contributed by atoms with Gasteiger partial charge in [-0.15, -0.1) is 0 Å². The molecule has 0 nitrogen and oxygen atoms in total. The number of hydrogen-bond acceptors (Lipinski definition) is 6. The summed E-state index contributed by atoms with van der Waals surface area (Å²) in [6.45, 7) is 0. The summed E-state index contributed by atoms with van der Waals surface area (Å²) in [6, 6.07) is 0. The van der Waals surface area contributed by atoms with Crippen LogP contribution in [0.1, 0.15) is 6.42 Å². The molecule has 0 aromatic carbocycles. The van der Waals surface area contributed by atoms with E-state index >= 15 is 0 Å². The van der Waals surface area contributed by atoms with Crippen LogP contribution in [0.5, 0.6) is 0 Å². The van der Waals surface area contributed by atoms with E-state index in [-0.39, 0.29) is 0 Å². The molecule has 0 aliphatic carbocycles. The second-order valence-corrected chi connectivity index (χ2v) is 11.9. The molecule has 6 heteroatoms. The molecule has 18 heavy (non-hydrogen) atoms. The van der Waals surface area contributed by atoms with Gasteiger partial charge in [0, 0.05) is 55.0 Å². The molecular weight excluding hydrogens is 337 g/mol. The zero-order chi connectivity index (χ0) is 12.4. The first kappa shape index (κ1) is 15.0. The third-order valence-electron chi connectivity index (χ3n) is 3.75. The van der Waals surface area contributed by atoms with E-state index in [9.17, 15) is 0 Å². The molecule has 4 unspecified atom stereocenters. The van der Waals surface area contributed by atoms with Gasteiger partial charge in [0.25, 0.3) is 0 Å². The van der Waals surface area contributed by atoms with E-state index < -0.39 is 0 Å². The summed E-state index contributed by atoms with van der Waals surface area (Å²) >= 11 is 15.6. The zero-order valence-electron chi connectivity index (χ0n) is 10.4. The molecule has 3 rings (SSSR count). The maximum absolute atomic E-state index is 4.60. The molecule has 3 saturated heterocycles. The van der Waals surface area contributed by atoms with Crippen molar-refractivity contribution in [2.24, 2.45) is 0 Å². The largest absolute Gasteiger partial charge is 0.178 e. The van der Waals surface area contributed by atoms with E-state index in [1.54, 1.807) is 0 Å². The van der Waals surface area contributed by atoms with Crippen molar-refractivity contribution in [3.63, 3.8) is 0 Å². The predicted molar refractivity (Wildman–Crippen MR) is 99.7 cm³/mol. The van der Waals surface area contributed by atoms with Crippen molar-refractivity contribution in [2.45, 2.75) is 26.9 Å². The van der Waals surface area contributed by atoms with Crippen LogP contribution in [0.15, 0.2) is 0 Å². The lowest BCUT2D eigenvalue weighted by atomic mass is 10.0. The van der Waals surface area contributed by atoms with E-state index in [2.05, 4.69) is 71.4 Å². The Balaban J connectivity index is 1.37. The fraction of sp³-hybridized carbons (Fsp3) is 1.00. The van der Waals surface area contributed by atoms with E-state index in [1.807, 2.05) is 0 Å². The lowest BCUT2D eigenvalue weighted by Crippen LogP contribution is -2.49. The van der Waals surface area contributed by atoms with Crippen LogP contribution in [0.4, 0.5) is 0 Å². The van der Waals surface area contributed by atoms with Crippen LogP contribution in [0.3, 0.4) is 0 Å². The van der Waals surface area contributed by atoms with Gasteiger partial charge in [-0.3, -0.25) is 0 Å². The first-order chi connectivity index (χ1) is 8.82. The Bertz CT molecular complexity index is 262. The number of thiol groups is 1. The summed E-state index contributed by atoms with van der Waals surface area (Å²) in [5, 5.41) is 2.77. The van der Waals surface area contributed by atoms with Crippen LogP contribution < -0.4 is 0 Å². The average molecular weight is 357 g/mol. The van der Waals surface area contributed by atoms with E-state index in [0.29, 0.717) is 4.75 Å². The Morgan fingerprint density at radius 2 is 1.72 bits per heavy atom. The quantitative estimate of drug-likeness (QED) is 0.565. The maximum atomic E-state index is 4.60. The molecular formula is C12H20S6. The number of thioether (sulfide) groups is 5. The van der Waals surface area contributed by atoms with Gasteiger partial charge in [-0.2, -0.15) is 71.4 Å². The summed E-state index contributed by atoms with van der Waals surface area (Å²) in [4.78, 5) is 0. The van der Waals surface area contributed by atoms with E-state index in [1.165, 1.54) is 40.9 Å². The van der Waals surface area contributed by atoms with Gasteiger partial charge >= 0.3 is 0 Å².